The van der Waals surface area contributed by atoms with Gasteiger partial charge in [-0.15, -0.1) is 0 Å². The van der Waals surface area contributed by atoms with Gasteiger partial charge in [0, 0.05) is 26.7 Å². The Morgan fingerprint density at radius 1 is 1.42 bits per heavy atom. The largest absolute Gasteiger partial charge is 0.395 e. The van der Waals surface area contributed by atoms with Crippen molar-refractivity contribution in [3.8, 4) is 0 Å². The predicted molar refractivity (Wildman–Crippen MR) is 50.2 cm³/mol. The summed E-state index contributed by atoms with van der Waals surface area (Å²) in [4.78, 5) is 2.14. The summed E-state index contributed by atoms with van der Waals surface area (Å²) in [7, 11) is 1.69. The van der Waals surface area contributed by atoms with E-state index in [1.807, 2.05) is 13.0 Å². The Balaban J connectivity index is 3.53. The summed E-state index contributed by atoms with van der Waals surface area (Å²) < 4.78 is 4.95. The minimum atomic E-state index is 0.210. The van der Waals surface area contributed by atoms with E-state index in [2.05, 4.69) is 11.0 Å². The number of hydrogen-bond acceptors (Lipinski definition) is 3. The predicted octanol–water partition coefficient (Wildman–Crippen LogP) is 0.503. The average Bonchev–Trinajstić information content (AvgIpc) is 2.10. The fraction of sp³-hybridized carbons (Fsp3) is 0.778. The normalized spacial score (nSPS) is 11.7. The van der Waals surface area contributed by atoms with Crippen LogP contribution in [-0.2, 0) is 4.74 Å². The molecule has 0 amide bonds. The van der Waals surface area contributed by atoms with E-state index in [4.69, 9.17) is 9.84 Å². The van der Waals surface area contributed by atoms with Crippen molar-refractivity contribution in [1.82, 2.24) is 4.90 Å². The molecule has 0 aliphatic carbocycles. The highest BCUT2D eigenvalue weighted by atomic mass is 16.5. The van der Waals surface area contributed by atoms with E-state index >= 15 is 0 Å². The van der Waals surface area contributed by atoms with Crippen molar-refractivity contribution in [2.45, 2.75) is 6.92 Å². The molecule has 0 spiro atoms. The molecule has 0 unspecified atom stereocenters. The molecule has 0 heterocycles. The average molecular weight is 173 g/mol. The molecule has 0 aliphatic rings. The summed E-state index contributed by atoms with van der Waals surface area (Å²) in [5.41, 5.74) is 0. The van der Waals surface area contributed by atoms with Crippen LogP contribution in [0.15, 0.2) is 12.2 Å². The molecule has 0 atom stereocenters. The molecule has 0 aliphatic heterocycles. The molecule has 0 aromatic carbocycles. The van der Waals surface area contributed by atoms with Crippen LogP contribution in [0.3, 0.4) is 0 Å². The fourth-order valence-electron chi connectivity index (χ4n) is 0.911. The van der Waals surface area contributed by atoms with E-state index in [0.29, 0.717) is 6.54 Å². The van der Waals surface area contributed by atoms with E-state index in [1.54, 1.807) is 7.11 Å². The zero-order valence-corrected chi connectivity index (χ0v) is 7.99. The SMILES string of the molecule is C/C=C/CN(CCO)CCOC. The quantitative estimate of drug-likeness (QED) is 0.569. The Bertz CT molecular complexity index is 115. The van der Waals surface area contributed by atoms with E-state index in [9.17, 15) is 0 Å². The first kappa shape index (κ1) is 11.6. The van der Waals surface area contributed by atoms with Gasteiger partial charge in [0.05, 0.1) is 13.2 Å². The van der Waals surface area contributed by atoms with Crippen LogP contribution in [0.25, 0.3) is 0 Å². The maximum Gasteiger partial charge on any atom is 0.0589 e. The van der Waals surface area contributed by atoms with Crippen molar-refractivity contribution in [2.24, 2.45) is 0 Å². The smallest absolute Gasteiger partial charge is 0.0589 e. The molecule has 0 aromatic heterocycles. The highest BCUT2D eigenvalue weighted by molar-refractivity contribution is 4.80. The zero-order valence-electron chi connectivity index (χ0n) is 7.99. The lowest BCUT2D eigenvalue weighted by Gasteiger charge is -2.18. The van der Waals surface area contributed by atoms with Crippen LogP contribution in [0.4, 0.5) is 0 Å². The Kier molecular flexibility index (Phi) is 8.44. The second kappa shape index (κ2) is 8.71. The lowest BCUT2D eigenvalue weighted by atomic mass is 10.4. The Hall–Kier alpha value is -0.380. The van der Waals surface area contributed by atoms with Gasteiger partial charge in [-0.25, -0.2) is 0 Å². The van der Waals surface area contributed by atoms with E-state index in [1.165, 1.54) is 0 Å². The Morgan fingerprint density at radius 2 is 2.17 bits per heavy atom. The topological polar surface area (TPSA) is 32.7 Å². The van der Waals surface area contributed by atoms with Gasteiger partial charge in [0.15, 0.2) is 0 Å². The van der Waals surface area contributed by atoms with Crippen LogP contribution < -0.4 is 0 Å². The first-order chi connectivity index (χ1) is 5.85. The van der Waals surface area contributed by atoms with Gasteiger partial charge in [-0.1, -0.05) is 12.2 Å². The van der Waals surface area contributed by atoms with Gasteiger partial charge in [-0.05, 0) is 6.92 Å². The van der Waals surface area contributed by atoms with E-state index < -0.39 is 0 Å². The summed E-state index contributed by atoms with van der Waals surface area (Å²) in [6.45, 7) is 5.40. The lowest BCUT2D eigenvalue weighted by molar-refractivity contribution is 0.138. The highest BCUT2D eigenvalue weighted by Crippen LogP contribution is 1.88. The number of methoxy groups -OCH3 is 1. The third kappa shape index (κ3) is 6.34. The van der Waals surface area contributed by atoms with Crippen molar-refractivity contribution in [2.75, 3.05) is 40.0 Å². The van der Waals surface area contributed by atoms with Gasteiger partial charge in [-0.3, -0.25) is 4.90 Å². The van der Waals surface area contributed by atoms with Crippen LogP contribution in [-0.4, -0.2) is 50.0 Å². The van der Waals surface area contributed by atoms with Gasteiger partial charge in [-0.2, -0.15) is 0 Å². The molecule has 0 fully saturated rings. The lowest BCUT2D eigenvalue weighted by Crippen LogP contribution is -2.30. The van der Waals surface area contributed by atoms with Gasteiger partial charge in [0.2, 0.25) is 0 Å². The standard InChI is InChI=1S/C9H19NO2/c1-3-4-5-10(6-8-11)7-9-12-2/h3-4,11H,5-9H2,1-2H3/b4-3+. The maximum atomic E-state index is 8.73. The fourth-order valence-corrected chi connectivity index (χ4v) is 0.911. The number of nitrogens with zero attached hydrogens (tertiary/aromatic N) is 1. The minimum absolute atomic E-state index is 0.210. The van der Waals surface area contributed by atoms with Gasteiger partial charge < -0.3 is 9.84 Å². The first-order valence-corrected chi connectivity index (χ1v) is 4.28. The summed E-state index contributed by atoms with van der Waals surface area (Å²) in [6, 6.07) is 0. The minimum Gasteiger partial charge on any atom is -0.395 e. The summed E-state index contributed by atoms with van der Waals surface area (Å²) in [6.07, 6.45) is 4.09. The molecule has 3 nitrogen and oxygen atoms in total. The summed E-state index contributed by atoms with van der Waals surface area (Å²) in [5.74, 6) is 0. The number of aliphatic hydroxyl groups is 1. The molecule has 0 rings (SSSR count). The van der Waals surface area contributed by atoms with Crippen LogP contribution in [0, 0.1) is 0 Å². The molecule has 72 valence electrons. The van der Waals surface area contributed by atoms with E-state index in [-0.39, 0.29) is 6.61 Å². The molecule has 12 heavy (non-hydrogen) atoms. The number of hydrogen-bond donors (Lipinski definition) is 1. The number of rotatable bonds is 7. The molecule has 0 saturated heterocycles. The number of ether oxygens (including phenoxy) is 1. The summed E-state index contributed by atoms with van der Waals surface area (Å²) in [5, 5.41) is 8.73. The second-order valence-electron chi connectivity index (χ2n) is 2.59. The molecule has 0 aromatic rings. The van der Waals surface area contributed by atoms with Crippen LogP contribution in [0.5, 0.6) is 0 Å². The first-order valence-electron chi connectivity index (χ1n) is 4.28. The third-order valence-electron chi connectivity index (χ3n) is 1.63. The van der Waals surface area contributed by atoms with Crippen molar-refractivity contribution < 1.29 is 9.84 Å². The van der Waals surface area contributed by atoms with Crippen LogP contribution in [0.2, 0.25) is 0 Å². The van der Waals surface area contributed by atoms with Crippen molar-refractivity contribution in [3.63, 3.8) is 0 Å². The van der Waals surface area contributed by atoms with Crippen LogP contribution in [0.1, 0.15) is 6.92 Å². The molecular weight excluding hydrogens is 154 g/mol. The second-order valence-corrected chi connectivity index (χ2v) is 2.59. The van der Waals surface area contributed by atoms with E-state index in [0.717, 1.165) is 19.7 Å². The van der Waals surface area contributed by atoms with Crippen molar-refractivity contribution in [1.29, 1.82) is 0 Å². The van der Waals surface area contributed by atoms with Gasteiger partial charge in [0.25, 0.3) is 0 Å². The van der Waals surface area contributed by atoms with Crippen LogP contribution >= 0.6 is 0 Å². The van der Waals surface area contributed by atoms with Gasteiger partial charge >= 0.3 is 0 Å². The highest BCUT2D eigenvalue weighted by Gasteiger charge is 1.99. The molecule has 3 heteroatoms. The Morgan fingerprint density at radius 3 is 2.67 bits per heavy atom. The number of aliphatic hydroxyl groups excluding tert-OH is 1. The molecule has 0 bridgehead atoms. The Labute approximate surface area is 74.6 Å². The molecule has 1 N–H and O–H groups in total. The molecule has 0 saturated carbocycles. The summed E-state index contributed by atoms with van der Waals surface area (Å²) >= 11 is 0. The molecular formula is C9H19NO2. The molecule has 0 radical (unpaired) electrons. The number of allylic oxidation sites excluding steroid dienone is 1. The van der Waals surface area contributed by atoms with Gasteiger partial charge in [0.1, 0.15) is 0 Å². The third-order valence-corrected chi connectivity index (χ3v) is 1.63. The van der Waals surface area contributed by atoms with Crippen molar-refractivity contribution in [3.05, 3.63) is 12.2 Å². The maximum absolute atomic E-state index is 8.73. The monoisotopic (exact) mass is 173 g/mol. The zero-order chi connectivity index (χ0) is 9.23. The van der Waals surface area contributed by atoms with Crippen molar-refractivity contribution >= 4 is 0 Å².